The molecule has 122 valence electrons. The summed E-state index contributed by atoms with van der Waals surface area (Å²) in [5.74, 6) is 0.103. The highest BCUT2D eigenvalue weighted by Gasteiger charge is 2.18. The van der Waals surface area contributed by atoms with Crippen molar-refractivity contribution in [1.82, 2.24) is 15.0 Å². The first-order valence-corrected chi connectivity index (χ1v) is 7.89. The second-order valence-electron chi connectivity index (χ2n) is 5.50. The summed E-state index contributed by atoms with van der Waals surface area (Å²) in [6.45, 7) is 5.43. The van der Waals surface area contributed by atoms with Gasteiger partial charge < -0.3 is 19.6 Å². The minimum absolute atomic E-state index is 0.00712. The second kappa shape index (κ2) is 8.53. The van der Waals surface area contributed by atoms with E-state index in [1.807, 2.05) is 6.92 Å². The standard InChI is InChI=1S/C15H24N4O3/c1-2-15(21)19(10-9-18-7-4-3-5-8-18)12-14(20)16-13-6-11-22-17-13/h6,11H,2-5,7-10,12H2,1H3,(H,16,17,20). The van der Waals surface area contributed by atoms with Crippen LogP contribution in [0.25, 0.3) is 0 Å². The minimum atomic E-state index is -0.255. The van der Waals surface area contributed by atoms with Crippen molar-refractivity contribution >= 4 is 17.6 Å². The third-order valence-corrected chi connectivity index (χ3v) is 3.83. The fourth-order valence-corrected chi connectivity index (χ4v) is 2.59. The van der Waals surface area contributed by atoms with E-state index >= 15 is 0 Å². The molecule has 1 aliphatic rings. The van der Waals surface area contributed by atoms with E-state index in [9.17, 15) is 9.59 Å². The summed E-state index contributed by atoms with van der Waals surface area (Å²) in [5, 5.41) is 6.25. The molecule has 1 aromatic heterocycles. The lowest BCUT2D eigenvalue weighted by Gasteiger charge is -2.29. The highest BCUT2D eigenvalue weighted by Crippen LogP contribution is 2.09. The number of piperidine rings is 1. The van der Waals surface area contributed by atoms with Crippen LogP contribution in [0.4, 0.5) is 5.82 Å². The lowest BCUT2D eigenvalue weighted by atomic mass is 10.1. The van der Waals surface area contributed by atoms with Gasteiger partial charge in [0, 0.05) is 25.6 Å². The van der Waals surface area contributed by atoms with Crippen molar-refractivity contribution in [2.75, 3.05) is 38.0 Å². The van der Waals surface area contributed by atoms with Gasteiger partial charge in [0.1, 0.15) is 6.26 Å². The molecule has 1 N–H and O–H groups in total. The van der Waals surface area contributed by atoms with Crippen LogP contribution >= 0.6 is 0 Å². The molecular formula is C15H24N4O3. The smallest absolute Gasteiger partial charge is 0.245 e. The van der Waals surface area contributed by atoms with E-state index in [4.69, 9.17) is 0 Å². The number of rotatable bonds is 7. The Morgan fingerprint density at radius 2 is 2.14 bits per heavy atom. The Morgan fingerprint density at radius 1 is 1.36 bits per heavy atom. The number of anilines is 1. The van der Waals surface area contributed by atoms with Crippen LogP contribution in [0, 0.1) is 0 Å². The van der Waals surface area contributed by atoms with Crippen LogP contribution in [-0.2, 0) is 9.59 Å². The van der Waals surface area contributed by atoms with Gasteiger partial charge in [0.25, 0.3) is 0 Å². The maximum absolute atomic E-state index is 12.0. The molecule has 7 nitrogen and oxygen atoms in total. The molecule has 1 aliphatic heterocycles. The first kappa shape index (κ1) is 16.5. The molecule has 2 rings (SSSR count). The Hall–Kier alpha value is -1.89. The first-order chi connectivity index (χ1) is 10.7. The molecule has 0 atom stereocenters. The zero-order chi connectivity index (χ0) is 15.8. The van der Waals surface area contributed by atoms with Gasteiger partial charge in [-0.25, -0.2) is 0 Å². The summed E-state index contributed by atoms with van der Waals surface area (Å²) in [6, 6.07) is 1.57. The minimum Gasteiger partial charge on any atom is -0.363 e. The Balaban J connectivity index is 1.82. The van der Waals surface area contributed by atoms with E-state index in [1.54, 1.807) is 11.0 Å². The second-order valence-corrected chi connectivity index (χ2v) is 5.50. The van der Waals surface area contributed by atoms with E-state index in [1.165, 1.54) is 25.5 Å². The maximum atomic E-state index is 12.0. The molecule has 0 bridgehead atoms. The zero-order valence-corrected chi connectivity index (χ0v) is 13.1. The molecule has 1 fully saturated rings. The van der Waals surface area contributed by atoms with Crippen LogP contribution in [0.5, 0.6) is 0 Å². The van der Waals surface area contributed by atoms with Crippen molar-refractivity contribution in [3.63, 3.8) is 0 Å². The van der Waals surface area contributed by atoms with E-state index < -0.39 is 0 Å². The fourth-order valence-electron chi connectivity index (χ4n) is 2.59. The maximum Gasteiger partial charge on any atom is 0.245 e. The van der Waals surface area contributed by atoms with Crippen LogP contribution < -0.4 is 5.32 Å². The molecule has 0 unspecified atom stereocenters. The summed E-state index contributed by atoms with van der Waals surface area (Å²) in [6.07, 6.45) is 5.51. The Bertz CT molecular complexity index is 469. The van der Waals surface area contributed by atoms with Crippen molar-refractivity contribution in [2.45, 2.75) is 32.6 Å². The number of amides is 2. The van der Waals surface area contributed by atoms with Crippen molar-refractivity contribution in [3.8, 4) is 0 Å². The highest BCUT2D eigenvalue weighted by atomic mass is 16.5. The van der Waals surface area contributed by atoms with Crippen molar-refractivity contribution < 1.29 is 14.1 Å². The molecule has 1 saturated heterocycles. The Morgan fingerprint density at radius 3 is 2.77 bits per heavy atom. The SMILES string of the molecule is CCC(=O)N(CCN1CCCCC1)CC(=O)Nc1ccon1. The normalized spacial score (nSPS) is 15.5. The molecule has 0 radical (unpaired) electrons. The number of aromatic nitrogens is 1. The number of nitrogens with one attached hydrogen (secondary N) is 1. The molecule has 2 heterocycles. The third kappa shape index (κ3) is 5.14. The number of carbonyl (C=O) groups excluding carboxylic acids is 2. The van der Waals surface area contributed by atoms with Gasteiger partial charge in [0.05, 0.1) is 6.54 Å². The number of hydrogen-bond acceptors (Lipinski definition) is 5. The monoisotopic (exact) mass is 308 g/mol. The van der Waals surface area contributed by atoms with Gasteiger partial charge in [-0.05, 0) is 25.9 Å². The van der Waals surface area contributed by atoms with E-state index in [0.29, 0.717) is 18.8 Å². The molecule has 1 aromatic rings. The molecule has 0 aromatic carbocycles. The Kier molecular flexibility index (Phi) is 6.39. The molecular weight excluding hydrogens is 284 g/mol. The van der Waals surface area contributed by atoms with Crippen molar-refractivity contribution in [2.24, 2.45) is 0 Å². The average Bonchev–Trinajstić information content (AvgIpc) is 3.04. The molecule has 0 spiro atoms. The van der Waals surface area contributed by atoms with Crippen LogP contribution in [-0.4, -0.2) is 59.5 Å². The number of likely N-dealkylation sites (tertiary alicyclic amines) is 1. The summed E-state index contributed by atoms with van der Waals surface area (Å²) in [4.78, 5) is 28.0. The molecule has 7 heteroatoms. The first-order valence-electron chi connectivity index (χ1n) is 7.89. The lowest BCUT2D eigenvalue weighted by Crippen LogP contribution is -2.43. The summed E-state index contributed by atoms with van der Waals surface area (Å²) >= 11 is 0. The van der Waals surface area contributed by atoms with Gasteiger partial charge in [0.2, 0.25) is 11.8 Å². The van der Waals surface area contributed by atoms with Gasteiger partial charge >= 0.3 is 0 Å². The average molecular weight is 308 g/mol. The van der Waals surface area contributed by atoms with Gasteiger partial charge in [-0.15, -0.1) is 0 Å². The molecule has 0 aliphatic carbocycles. The third-order valence-electron chi connectivity index (χ3n) is 3.83. The summed E-state index contributed by atoms with van der Waals surface area (Å²) < 4.78 is 4.66. The van der Waals surface area contributed by atoms with Crippen LogP contribution in [0.2, 0.25) is 0 Å². The summed E-state index contributed by atoms with van der Waals surface area (Å²) in [5.41, 5.74) is 0. The van der Waals surface area contributed by atoms with E-state index in [2.05, 4.69) is 19.9 Å². The van der Waals surface area contributed by atoms with Gasteiger partial charge in [0.15, 0.2) is 5.82 Å². The molecule has 2 amide bonds. The number of carbonyl (C=O) groups is 2. The predicted molar refractivity (Wildman–Crippen MR) is 82.3 cm³/mol. The number of hydrogen-bond donors (Lipinski definition) is 1. The van der Waals surface area contributed by atoms with Gasteiger partial charge in [-0.2, -0.15) is 0 Å². The molecule has 22 heavy (non-hydrogen) atoms. The van der Waals surface area contributed by atoms with Gasteiger partial charge in [-0.1, -0.05) is 18.5 Å². The largest absolute Gasteiger partial charge is 0.363 e. The van der Waals surface area contributed by atoms with Crippen LogP contribution in [0.15, 0.2) is 16.9 Å². The summed E-state index contributed by atoms with van der Waals surface area (Å²) in [7, 11) is 0. The molecule has 0 saturated carbocycles. The quantitative estimate of drug-likeness (QED) is 0.822. The van der Waals surface area contributed by atoms with E-state index in [-0.39, 0.29) is 18.4 Å². The topological polar surface area (TPSA) is 78.7 Å². The fraction of sp³-hybridized carbons (Fsp3) is 0.667. The van der Waals surface area contributed by atoms with Crippen molar-refractivity contribution in [3.05, 3.63) is 12.3 Å². The van der Waals surface area contributed by atoms with Crippen LogP contribution in [0.1, 0.15) is 32.6 Å². The van der Waals surface area contributed by atoms with E-state index in [0.717, 1.165) is 19.6 Å². The van der Waals surface area contributed by atoms with Crippen molar-refractivity contribution in [1.29, 1.82) is 0 Å². The highest BCUT2D eigenvalue weighted by molar-refractivity contribution is 5.93. The Labute approximate surface area is 130 Å². The number of nitrogens with zero attached hydrogens (tertiary/aromatic N) is 3. The van der Waals surface area contributed by atoms with Gasteiger partial charge in [-0.3, -0.25) is 9.59 Å². The lowest BCUT2D eigenvalue weighted by molar-refractivity contribution is -0.134. The zero-order valence-electron chi connectivity index (χ0n) is 13.1. The predicted octanol–water partition coefficient (Wildman–Crippen LogP) is 1.34. The van der Waals surface area contributed by atoms with Crippen LogP contribution in [0.3, 0.4) is 0 Å².